The van der Waals surface area contributed by atoms with Crippen LogP contribution in [0, 0.1) is 11.6 Å². The molecule has 0 atom stereocenters. The van der Waals surface area contributed by atoms with E-state index in [0.29, 0.717) is 23.8 Å². The van der Waals surface area contributed by atoms with E-state index in [1.54, 1.807) is 6.07 Å². The second kappa shape index (κ2) is 6.08. The van der Waals surface area contributed by atoms with E-state index in [9.17, 15) is 22.0 Å². The number of hydrogen-bond acceptors (Lipinski definition) is 3. The monoisotopic (exact) mass is 362 g/mol. The maximum Gasteiger partial charge on any atom is 0.573 e. The first-order valence-electron chi connectivity index (χ1n) is 7.03. The summed E-state index contributed by atoms with van der Waals surface area (Å²) >= 11 is 0.725. The van der Waals surface area contributed by atoms with Gasteiger partial charge in [0, 0.05) is 10.8 Å². The minimum absolute atomic E-state index is 0.0306. The lowest BCUT2D eigenvalue weighted by atomic mass is 10.1. The molecule has 1 aromatic heterocycles. The number of thiophene rings is 1. The summed E-state index contributed by atoms with van der Waals surface area (Å²) in [6.45, 7) is 2.19. The third-order valence-electron chi connectivity index (χ3n) is 3.31. The first-order chi connectivity index (χ1) is 11.3. The molecule has 0 saturated carbocycles. The van der Waals surface area contributed by atoms with Gasteiger partial charge in [0.25, 0.3) is 0 Å². The standard InChI is InChI=1S/C16H11F5O2S/c1-2-7-22-10-5-3-8-9-4-6-11(23-16(19,20)21)13(18)15(9)24-14(8)12(10)17/h3-6H,2,7H2,1H3. The second-order valence-electron chi connectivity index (χ2n) is 5.01. The Hall–Kier alpha value is -2.09. The van der Waals surface area contributed by atoms with Crippen molar-refractivity contribution in [3.05, 3.63) is 35.9 Å². The molecule has 24 heavy (non-hydrogen) atoms. The number of ether oxygens (including phenoxy) is 2. The van der Waals surface area contributed by atoms with Crippen molar-refractivity contribution in [1.82, 2.24) is 0 Å². The molecule has 0 radical (unpaired) electrons. The molecule has 128 valence electrons. The van der Waals surface area contributed by atoms with E-state index in [2.05, 4.69) is 4.74 Å². The number of benzene rings is 2. The van der Waals surface area contributed by atoms with Gasteiger partial charge in [-0.2, -0.15) is 0 Å². The molecule has 0 aliphatic rings. The molecule has 0 spiro atoms. The van der Waals surface area contributed by atoms with Gasteiger partial charge in [0.05, 0.1) is 16.0 Å². The van der Waals surface area contributed by atoms with Crippen LogP contribution in [0.3, 0.4) is 0 Å². The zero-order valence-electron chi connectivity index (χ0n) is 12.3. The first-order valence-corrected chi connectivity index (χ1v) is 7.85. The van der Waals surface area contributed by atoms with E-state index in [0.717, 1.165) is 17.4 Å². The summed E-state index contributed by atoms with van der Waals surface area (Å²) in [5.74, 6) is -2.73. The fourth-order valence-electron chi connectivity index (χ4n) is 2.33. The van der Waals surface area contributed by atoms with Crippen LogP contribution in [-0.4, -0.2) is 13.0 Å². The molecule has 0 fully saturated rings. The van der Waals surface area contributed by atoms with Crippen LogP contribution in [0.4, 0.5) is 22.0 Å². The highest BCUT2D eigenvalue weighted by molar-refractivity contribution is 7.25. The predicted octanol–water partition coefficient (Wildman–Crippen LogP) is 6.02. The molecule has 0 amide bonds. The lowest BCUT2D eigenvalue weighted by Crippen LogP contribution is -2.17. The average molecular weight is 362 g/mol. The van der Waals surface area contributed by atoms with Crippen molar-refractivity contribution in [3.8, 4) is 11.5 Å². The Bertz CT molecular complexity index is 901. The van der Waals surface area contributed by atoms with Crippen molar-refractivity contribution in [1.29, 1.82) is 0 Å². The molecule has 3 rings (SSSR count). The van der Waals surface area contributed by atoms with Crippen LogP contribution in [0.25, 0.3) is 20.2 Å². The van der Waals surface area contributed by atoms with E-state index < -0.39 is 23.7 Å². The maximum atomic E-state index is 14.5. The Morgan fingerprint density at radius 2 is 1.46 bits per heavy atom. The van der Waals surface area contributed by atoms with Gasteiger partial charge in [-0.05, 0) is 30.7 Å². The third kappa shape index (κ3) is 2.98. The quantitative estimate of drug-likeness (QED) is 0.529. The molecule has 1 heterocycles. The molecule has 0 N–H and O–H groups in total. The molecule has 0 saturated heterocycles. The maximum absolute atomic E-state index is 14.5. The van der Waals surface area contributed by atoms with E-state index in [4.69, 9.17) is 4.74 Å². The van der Waals surface area contributed by atoms with Crippen LogP contribution in [0.5, 0.6) is 11.5 Å². The van der Waals surface area contributed by atoms with Crippen LogP contribution in [-0.2, 0) is 0 Å². The van der Waals surface area contributed by atoms with Gasteiger partial charge in [-0.3, -0.25) is 0 Å². The largest absolute Gasteiger partial charge is 0.573 e. The highest BCUT2D eigenvalue weighted by Gasteiger charge is 2.33. The van der Waals surface area contributed by atoms with E-state index >= 15 is 0 Å². The van der Waals surface area contributed by atoms with Crippen LogP contribution in [0.1, 0.15) is 13.3 Å². The topological polar surface area (TPSA) is 18.5 Å². The van der Waals surface area contributed by atoms with Gasteiger partial charge in [-0.25, -0.2) is 8.78 Å². The molecule has 2 nitrogen and oxygen atoms in total. The highest BCUT2D eigenvalue weighted by atomic mass is 32.1. The van der Waals surface area contributed by atoms with Gasteiger partial charge in [0.15, 0.2) is 23.1 Å². The van der Waals surface area contributed by atoms with Crippen molar-refractivity contribution in [2.45, 2.75) is 19.7 Å². The fraction of sp³-hybridized carbons (Fsp3) is 0.250. The average Bonchev–Trinajstić information content (AvgIpc) is 2.89. The van der Waals surface area contributed by atoms with Crippen molar-refractivity contribution >= 4 is 31.5 Å². The Morgan fingerprint density at radius 1 is 0.917 bits per heavy atom. The molecular weight excluding hydrogens is 351 g/mol. The summed E-state index contributed by atoms with van der Waals surface area (Å²) < 4.78 is 74.6. The van der Waals surface area contributed by atoms with E-state index in [1.165, 1.54) is 12.1 Å². The Balaban J connectivity index is 2.16. The summed E-state index contributed by atoms with van der Waals surface area (Å²) in [7, 11) is 0. The molecular formula is C16H11F5O2S. The molecule has 0 aliphatic heterocycles. The zero-order chi connectivity index (χ0) is 17.5. The lowest BCUT2D eigenvalue weighted by Gasteiger charge is -2.09. The molecule has 0 unspecified atom stereocenters. The number of fused-ring (bicyclic) bond motifs is 3. The summed E-state index contributed by atoms with van der Waals surface area (Å²) in [6, 6.07) is 5.16. The van der Waals surface area contributed by atoms with Crippen molar-refractivity contribution in [2.24, 2.45) is 0 Å². The summed E-state index contributed by atoms with van der Waals surface area (Å²) in [4.78, 5) is 0. The second-order valence-corrected chi connectivity index (χ2v) is 6.03. The number of rotatable bonds is 4. The number of halogens is 5. The molecule has 3 aromatic rings. The van der Waals surface area contributed by atoms with Gasteiger partial charge >= 0.3 is 6.36 Å². The van der Waals surface area contributed by atoms with E-state index in [1.807, 2.05) is 6.92 Å². The Labute approximate surface area is 137 Å². The van der Waals surface area contributed by atoms with Crippen molar-refractivity contribution in [2.75, 3.05) is 6.61 Å². The van der Waals surface area contributed by atoms with E-state index in [-0.39, 0.29) is 15.1 Å². The molecule has 8 heteroatoms. The molecule has 0 aliphatic carbocycles. The summed E-state index contributed by atoms with van der Waals surface area (Å²) in [6.07, 6.45) is -4.31. The number of hydrogen-bond donors (Lipinski definition) is 0. The smallest absolute Gasteiger partial charge is 0.490 e. The predicted molar refractivity (Wildman–Crippen MR) is 81.7 cm³/mol. The molecule has 0 bridgehead atoms. The van der Waals surface area contributed by atoms with Crippen molar-refractivity contribution < 1.29 is 31.4 Å². The van der Waals surface area contributed by atoms with Gasteiger partial charge in [-0.1, -0.05) is 6.92 Å². The minimum atomic E-state index is -5.00. The Morgan fingerprint density at radius 3 is 2.00 bits per heavy atom. The first kappa shape index (κ1) is 16.8. The number of alkyl halides is 3. The lowest BCUT2D eigenvalue weighted by molar-refractivity contribution is -0.275. The normalized spacial score (nSPS) is 12.1. The van der Waals surface area contributed by atoms with Gasteiger partial charge in [0.2, 0.25) is 0 Å². The fourth-order valence-corrected chi connectivity index (χ4v) is 3.49. The zero-order valence-corrected chi connectivity index (χ0v) is 13.2. The summed E-state index contributed by atoms with van der Waals surface area (Å²) in [5.41, 5.74) is 0. The van der Waals surface area contributed by atoms with Crippen LogP contribution >= 0.6 is 11.3 Å². The van der Waals surface area contributed by atoms with Gasteiger partial charge < -0.3 is 9.47 Å². The minimum Gasteiger partial charge on any atom is -0.490 e. The summed E-state index contributed by atoms with van der Waals surface area (Å²) in [5, 5.41) is 0.733. The van der Waals surface area contributed by atoms with Gasteiger partial charge in [0.1, 0.15) is 0 Å². The van der Waals surface area contributed by atoms with Crippen LogP contribution < -0.4 is 9.47 Å². The third-order valence-corrected chi connectivity index (χ3v) is 4.51. The van der Waals surface area contributed by atoms with Crippen LogP contribution in [0.15, 0.2) is 24.3 Å². The SMILES string of the molecule is CCCOc1ccc2c(sc3c(F)c(OC(F)(F)F)ccc32)c1F. The highest BCUT2D eigenvalue weighted by Crippen LogP contribution is 2.42. The van der Waals surface area contributed by atoms with Crippen LogP contribution in [0.2, 0.25) is 0 Å². The Kier molecular flexibility index (Phi) is 4.25. The molecule has 2 aromatic carbocycles. The van der Waals surface area contributed by atoms with Crippen molar-refractivity contribution in [3.63, 3.8) is 0 Å². The van der Waals surface area contributed by atoms with Gasteiger partial charge in [-0.15, -0.1) is 24.5 Å².